The summed E-state index contributed by atoms with van der Waals surface area (Å²) in [6.07, 6.45) is 3.24. The van der Waals surface area contributed by atoms with Crippen LogP contribution < -0.4 is 10.9 Å². The van der Waals surface area contributed by atoms with Crippen LogP contribution in [0.3, 0.4) is 0 Å². The van der Waals surface area contributed by atoms with Gasteiger partial charge in [0.05, 0.1) is 10.0 Å². The number of halogens is 1. The number of nitrogens with one attached hydrogen (secondary N) is 2. The lowest BCUT2D eigenvalue weighted by Crippen LogP contribution is -2.43. The molecule has 0 atom stereocenters. The zero-order valence-corrected chi connectivity index (χ0v) is 22.9. The summed E-state index contributed by atoms with van der Waals surface area (Å²) in [4.78, 5) is 31.0. The average molecular weight is 564 g/mol. The summed E-state index contributed by atoms with van der Waals surface area (Å²) in [5.74, 6) is 0.0362. The number of aromatic nitrogens is 3. The minimum atomic E-state index is -0.331. The van der Waals surface area contributed by atoms with E-state index in [1.807, 2.05) is 24.3 Å². The van der Waals surface area contributed by atoms with Gasteiger partial charge in [0, 0.05) is 57.2 Å². The number of nitriles is 1. The van der Waals surface area contributed by atoms with Crippen molar-refractivity contribution in [3.8, 4) is 28.6 Å². The Hall–Kier alpha value is -3.23. The van der Waals surface area contributed by atoms with Gasteiger partial charge in [0.15, 0.2) is 0 Å². The van der Waals surface area contributed by atoms with Crippen LogP contribution in [-0.4, -0.2) is 70.4 Å². The lowest BCUT2D eigenvalue weighted by molar-refractivity contribution is 0.0932. The van der Waals surface area contributed by atoms with Crippen LogP contribution in [0.1, 0.15) is 35.6 Å². The second kappa shape index (κ2) is 12.3. The van der Waals surface area contributed by atoms with Crippen molar-refractivity contribution in [1.82, 2.24) is 35.6 Å². The van der Waals surface area contributed by atoms with E-state index in [1.165, 1.54) is 11.8 Å². The molecule has 37 heavy (non-hydrogen) atoms. The quantitative estimate of drug-likeness (QED) is 0.401. The summed E-state index contributed by atoms with van der Waals surface area (Å²) in [5.41, 5.74) is 9.88. The van der Waals surface area contributed by atoms with Gasteiger partial charge in [0.1, 0.15) is 17.5 Å². The number of carbonyl (C=O) groups is 1. The SMILES string of the molecule is CC(C)CNNC(=O)c1cc(-c2cccc(CN3CCN(C)CC3)c2)cnc1-c1nc(C#N)ncc1Br. The van der Waals surface area contributed by atoms with Crippen LogP contribution in [0, 0.1) is 17.2 Å². The van der Waals surface area contributed by atoms with E-state index >= 15 is 0 Å². The summed E-state index contributed by atoms with van der Waals surface area (Å²) in [5, 5.41) is 9.29. The van der Waals surface area contributed by atoms with Crippen molar-refractivity contribution in [3.63, 3.8) is 0 Å². The summed E-state index contributed by atoms with van der Waals surface area (Å²) in [6.45, 7) is 9.85. The van der Waals surface area contributed by atoms with Crippen LogP contribution in [0.2, 0.25) is 0 Å². The first-order valence-corrected chi connectivity index (χ1v) is 13.1. The second-order valence-electron chi connectivity index (χ2n) is 9.63. The number of rotatable bonds is 8. The highest BCUT2D eigenvalue weighted by atomic mass is 79.9. The molecule has 192 valence electrons. The fourth-order valence-electron chi connectivity index (χ4n) is 4.09. The molecular formula is C27H31BrN8O. The van der Waals surface area contributed by atoms with Crippen molar-refractivity contribution >= 4 is 21.8 Å². The van der Waals surface area contributed by atoms with Gasteiger partial charge in [-0.2, -0.15) is 5.26 Å². The normalized spacial score (nSPS) is 14.5. The molecule has 3 heterocycles. The summed E-state index contributed by atoms with van der Waals surface area (Å²) < 4.78 is 0.546. The third kappa shape index (κ3) is 6.96. The van der Waals surface area contributed by atoms with E-state index in [0.29, 0.717) is 33.9 Å². The molecule has 3 aromatic rings. The van der Waals surface area contributed by atoms with E-state index in [0.717, 1.165) is 43.9 Å². The van der Waals surface area contributed by atoms with Gasteiger partial charge in [-0.1, -0.05) is 32.0 Å². The number of carbonyl (C=O) groups excluding carboxylic acids is 1. The molecule has 0 aliphatic carbocycles. The zero-order valence-electron chi connectivity index (χ0n) is 21.3. The van der Waals surface area contributed by atoms with Crippen molar-refractivity contribution in [3.05, 3.63) is 64.1 Å². The van der Waals surface area contributed by atoms with Crippen LogP contribution in [0.25, 0.3) is 22.5 Å². The van der Waals surface area contributed by atoms with Crippen LogP contribution in [0.4, 0.5) is 0 Å². The van der Waals surface area contributed by atoms with Gasteiger partial charge in [0.25, 0.3) is 5.91 Å². The fourth-order valence-corrected chi connectivity index (χ4v) is 4.47. The zero-order chi connectivity index (χ0) is 26.4. The molecule has 4 rings (SSSR count). The fraction of sp³-hybridized carbons (Fsp3) is 0.370. The number of hydrazine groups is 1. The van der Waals surface area contributed by atoms with Gasteiger partial charge in [-0.25, -0.2) is 15.4 Å². The highest BCUT2D eigenvalue weighted by Gasteiger charge is 2.20. The van der Waals surface area contributed by atoms with Crippen LogP contribution in [-0.2, 0) is 6.54 Å². The molecule has 1 aliphatic rings. The molecule has 0 radical (unpaired) electrons. The maximum atomic E-state index is 13.3. The summed E-state index contributed by atoms with van der Waals surface area (Å²) in [7, 11) is 2.15. The number of benzene rings is 1. The van der Waals surface area contributed by atoms with Gasteiger partial charge < -0.3 is 4.90 Å². The van der Waals surface area contributed by atoms with E-state index in [-0.39, 0.29) is 11.7 Å². The third-order valence-electron chi connectivity index (χ3n) is 6.18. The molecule has 1 fully saturated rings. The maximum absolute atomic E-state index is 13.3. The predicted molar refractivity (Wildman–Crippen MR) is 146 cm³/mol. The number of hydrogen-bond donors (Lipinski definition) is 2. The van der Waals surface area contributed by atoms with Crippen molar-refractivity contribution in [2.45, 2.75) is 20.4 Å². The van der Waals surface area contributed by atoms with Gasteiger partial charge in [0.2, 0.25) is 5.82 Å². The lowest BCUT2D eigenvalue weighted by atomic mass is 10.0. The van der Waals surface area contributed by atoms with E-state index in [1.54, 1.807) is 6.20 Å². The molecule has 1 saturated heterocycles. The Kier molecular flexibility index (Phi) is 8.95. The van der Waals surface area contributed by atoms with E-state index in [2.05, 4.69) is 84.6 Å². The number of nitrogens with zero attached hydrogens (tertiary/aromatic N) is 6. The Morgan fingerprint density at radius 3 is 2.62 bits per heavy atom. The monoisotopic (exact) mass is 562 g/mol. The van der Waals surface area contributed by atoms with E-state index < -0.39 is 0 Å². The standard InChI is InChI=1S/C27H31BrN8O/c1-18(2)14-32-34-27(37)22-12-21(15-31-25(22)26-23(28)16-30-24(13-29)33-26)20-6-4-5-19(11-20)17-36-9-7-35(3)8-10-36/h4-6,11-12,15-16,18,32H,7-10,14,17H2,1-3H3,(H,34,37). The molecule has 1 aliphatic heterocycles. The van der Waals surface area contributed by atoms with Gasteiger partial charge >= 0.3 is 0 Å². The molecule has 0 spiro atoms. The molecule has 2 aromatic heterocycles. The van der Waals surface area contributed by atoms with Crippen molar-refractivity contribution in [2.24, 2.45) is 5.92 Å². The topological polar surface area (TPSA) is 110 Å². The third-order valence-corrected chi connectivity index (χ3v) is 6.76. The van der Waals surface area contributed by atoms with Crippen molar-refractivity contribution in [1.29, 1.82) is 5.26 Å². The molecule has 0 unspecified atom stereocenters. The number of amides is 1. The van der Waals surface area contributed by atoms with Gasteiger partial charge in [-0.3, -0.25) is 20.1 Å². The second-order valence-corrected chi connectivity index (χ2v) is 10.5. The van der Waals surface area contributed by atoms with E-state index in [9.17, 15) is 10.1 Å². The molecular weight excluding hydrogens is 532 g/mol. The number of hydrogen-bond acceptors (Lipinski definition) is 8. The van der Waals surface area contributed by atoms with Crippen LogP contribution >= 0.6 is 15.9 Å². The highest BCUT2D eigenvalue weighted by Crippen LogP contribution is 2.30. The Bertz CT molecular complexity index is 1300. The molecule has 0 saturated carbocycles. The Balaban J connectivity index is 1.67. The van der Waals surface area contributed by atoms with Gasteiger partial charge in [-0.05, 0) is 52.2 Å². The predicted octanol–water partition coefficient (Wildman–Crippen LogP) is 3.48. The molecule has 0 bridgehead atoms. The van der Waals surface area contributed by atoms with Crippen LogP contribution in [0.5, 0.6) is 0 Å². The lowest BCUT2D eigenvalue weighted by Gasteiger charge is -2.32. The number of piperazine rings is 1. The first kappa shape index (κ1) is 26.8. The first-order chi connectivity index (χ1) is 17.8. The van der Waals surface area contributed by atoms with Crippen molar-refractivity contribution in [2.75, 3.05) is 39.8 Å². The average Bonchev–Trinajstić information content (AvgIpc) is 2.90. The Morgan fingerprint density at radius 1 is 1.11 bits per heavy atom. The molecule has 2 N–H and O–H groups in total. The number of pyridine rings is 1. The molecule has 10 heteroatoms. The smallest absolute Gasteiger partial charge is 0.267 e. The molecule has 1 amide bonds. The number of likely N-dealkylation sites (N-methyl/N-ethyl adjacent to an activating group) is 1. The van der Waals surface area contributed by atoms with E-state index in [4.69, 9.17) is 0 Å². The Labute approximate surface area is 226 Å². The maximum Gasteiger partial charge on any atom is 0.267 e. The largest absolute Gasteiger partial charge is 0.304 e. The van der Waals surface area contributed by atoms with Gasteiger partial charge in [-0.15, -0.1) is 0 Å². The van der Waals surface area contributed by atoms with Crippen LogP contribution in [0.15, 0.2) is 47.2 Å². The minimum Gasteiger partial charge on any atom is -0.304 e. The first-order valence-electron chi connectivity index (χ1n) is 12.3. The minimum absolute atomic E-state index is 0.00461. The molecule has 9 nitrogen and oxygen atoms in total. The van der Waals surface area contributed by atoms with Crippen molar-refractivity contribution < 1.29 is 4.79 Å². The summed E-state index contributed by atoms with van der Waals surface area (Å²) >= 11 is 3.45. The molecule has 1 aromatic carbocycles. The summed E-state index contributed by atoms with van der Waals surface area (Å²) in [6, 6.07) is 12.1. The highest BCUT2D eigenvalue weighted by molar-refractivity contribution is 9.10. The Morgan fingerprint density at radius 2 is 1.89 bits per heavy atom.